The molecule has 6 nitrogen and oxygen atoms in total. The zero-order chi connectivity index (χ0) is 21.7. The molecular formula is C23H21FN2O4. The zero-order valence-corrected chi connectivity index (χ0v) is 16.6. The van der Waals surface area contributed by atoms with Gasteiger partial charge in [0.2, 0.25) is 5.88 Å². The van der Waals surface area contributed by atoms with Crippen LogP contribution in [0.5, 0.6) is 11.6 Å². The molecule has 0 atom stereocenters. The minimum Gasteiger partial charge on any atom is -0.481 e. The van der Waals surface area contributed by atoms with Crippen molar-refractivity contribution < 1.29 is 23.8 Å². The van der Waals surface area contributed by atoms with Crippen molar-refractivity contribution in [1.82, 2.24) is 10.3 Å². The van der Waals surface area contributed by atoms with Crippen LogP contribution in [0.2, 0.25) is 0 Å². The molecule has 1 aromatic heterocycles. The van der Waals surface area contributed by atoms with E-state index in [0.29, 0.717) is 11.3 Å². The normalized spacial score (nSPS) is 11.0. The van der Waals surface area contributed by atoms with Gasteiger partial charge in [-0.25, -0.2) is 9.37 Å². The van der Waals surface area contributed by atoms with Crippen molar-refractivity contribution in [1.29, 1.82) is 0 Å². The number of halogens is 1. The van der Waals surface area contributed by atoms with Crippen LogP contribution in [0.3, 0.4) is 0 Å². The van der Waals surface area contributed by atoms with Crippen molar-refractivity contribution in [3.63, 3.8) is 0 Å². The predicted octanol–water partition coefficient (Wildman–Crippen LogP) is 4.31. The number of aromatic nitrogens is 1. The second-order valence-corrected chi connectivity index (χ2v) is 7.22. The number of benzene rings is 2. The van der Waals surface area contributed by atoms with Gasteiger partial charge in [-0.1, -0.05) is 24.3 Å². The highest BCUT2D eigenvalue weighted by molar-refractivity contribution is 5.96. The third kappa shape index (κ3) is 4.81. The van der Waals surface area contributed by atoms with Gasteiger partial charge in [0.05, 0.1) is 5.41 Å². The number of hydrogen-bond donors (Lipinski definition) is 2. The van der Waals surface area contributed by atoms with Crippen molar-refractivity contribution >= 4 is 11.9 Å². The maximum Gasteiger partial charge on any atom is 0.313 e. The van der Waals surface area contributed by atoms with Crippen molar-refractivity contribution in [2.45, 2.75) is 25.8 Å². The summed E-state index contributed by atoms with van der Waals surface area (Å²) in [6.45, 7) is 3.52. The first kappa shape index (κ1) is 21.0. The quantitative estimate of drug-likeness (QED) is 0.608. The Kier molecular flexibility index (Phi) is 6.11. The lowest BCUT2D eigenvalue weighted by molar-refractivity contribution is -0.142. The largest absolute Gasteiger partial charge is 0.481 e. The minimum absolute atomic E-state index is 0.111. The Morgan fingerprint density at radius 1 is 1.07 bits per heavy atom. The molecule has 0 saturated heterocycles. The van der Waals surface area contributed by atoms with Crippen LogP contribution < -0.4 is 10.1 Å². The van der Waals surface area contributed by atoms with Crippen molar-refractivity contribution in [2.75, 3.05) is 0 Å². The summed E-state index contributed by atoms with van der Waals surface area (Å²) in [5.41, 5.74) is 0.736. The highest BCUT2D eigenvalue weighted by Crippen LogP contribution is 2.25. The Bertz CT molecular complexity index is 1050. The molecule has 2 N–H and O–H groups in total. The molecule has 30 heavy (non-hydrogen) atoms. The van der Waals surface area contributed by atoms with Gasteiger partial charge in [0, 0.05) is 12.7 Å². The topological polar surface area (TPSA) is 88.5 Å². The molecule has 1 amide bonds. The fourth-order valence-electron chi connectivity index (χ4n) is 2.70. The zero-order valence-electron chi connectivity index (χ0n) is 16.6. The first-order chi connectivity index (χ1) is 14.3. The van der Waals surface area contributed by atoms with E-state index in [4.69, 9.17) is 4.74 Å². The van der Waals surface area contributed by atoms with Gasteiger partial charge in [0.15, 0.2) is 0 Å². The molecule has 3 rings (SSSR count). The Labute approximate surface area is 173 Å². The number of carboxylic acid groups (broad SMARTS) is 1. The lowest BCUT2D eigenvalue weighted by Gasteiger charge is -2.19. The molecule has 0 bridgehead atoms. The average molecular weight is 408 g/mol. The fourth-order valence-corrected chi connectivity index (χ4v) is 2.70. The Hall–Kier alpha value is -3.74. The number of aliphatic carboxylic acids is 1. The van der Waals surface area contributed by atoms with Crippen LogP contribution in [-0.4, -0.2) is 22.0 Å². The Morgan fingerprint density at radius 3 is 2.37 bits per heavy atom. The van der Waals surface area contributed by atoms with Gasteiger partial charge in [-0.15, -0.1) is 0 Å². The van der Waals surface area contributed by atoms with Crippen molar-refractivity contribution in [3.05, 3.63) is 89.4 Å². The van der Waals surface area contributed by atoms with Crippen LogP contribution in [0.15, 0.2) is 66.9 Å². The molecule has 154 valence electrons. The first-order valence-electron chi connectivity index (χ1n) is 9.27. The number of amides is 1. The van der Waals surface area contributed by atoms with Gasteiger partial charge < -0.3 is 15.2 Å². The fraction of sp³-hybridized carbons (Fsp3) is 0.174. The minimum atomic E-state index is -0.996. The molecule has 3 aromatic rings. The molecule has 0 aliphatic rings. The number of ether oxygens (including phenoxy) is 1. The van der Waals surface area contributed by atoms with Gasteiger partial charge >= 0.3 is 5.97 Å². The SMILES string of the molecule is CC(C)(C(=O)O)c1ccc(CNC(=O)c2cccnc2Oc2ccc(F)cc2)cc1. The monoisotopic (exact) mass is 408 g/mol. The number of hydrogen-bond acceptors (Lipinski definition) is 4. The number of nitrogens with one attached hydrogen (secondary N) is 1. The summed E-state index contributed by atoms with van der Waals surface area (Å²) >= 11 is 0. The van der Waals surface area contributed by atoms with Crippen LogP contribution >= 0.6 is 0 Å². The number of nitrogens with zero attached hydrogens (tertiary/aromatic N) is 1. The van der Waals surface area contributed by atoms with Gasteiger partial charge in [-0.2, -0.15) is 0 Å². The van der Waals surface area contributed by atoms with E-state index in [1.165, 1.54) is 30.5 Å². The third-order valence-corrected chi connectivity index (χ3v) is 4.71. The lowest BCUT2D eigenvalue weighted by atomic mass is 9.84. The summed E-state index contributed by atoms with van der Waals surface area (Å²) in [5, 5.41) is 12.1. The molecule has 0 aliphatic heterocycles. The summed E-state index contributed by atoms with van der Waals surface area (Å²) in [4.78, 5) is 28.1. The highest BCUT2D eigenvalue weighted by Gasteiger charge is 2.29. The summed E-state index contributed by atoms with van der Waals surface area (Å²) in [7, 11) is 0. The summed E-state index contributed by atoms with van der Waals surface area (Å²) in [5.74, 6) is -1.20. The number of pyridine rings is 1. The van der Waals surface area contributed by atoms with E-state index in [2.05, 4.69) is 10.3 Å². The van der Waals surface area contributed by atoms with Crippen LogP contribution in [0.4, 0.5) is 4.39 Å². The average Bonchev–Trinajstić information content (AvgIpc) is 2.74. The Morgan fingerprint density at radius 2 is 1.73 bits per heavy atom. The van der Waals surface area contributed by atoms with Crippen LogP contribution in [0.1, 0.15) is 35.3 Å². The molecule has 0 saturated carbocycles. The van der Waals surface area contributed by atoms with Gasteiger partial charge in [-0.05, 0) is 61.4 Å². The van der Waals surface area contributed by atoms with E-state index >= 15 is 0 Å². The number of carboxylic acids is 1. The third-order valence-electron chi connectivity index (χ3n) is 4.71. The van der Waals surface area contributed by atoms with Crippen molar-refractivity contribution in [3.8, 4) is 11.6 Å². The molecule has 7 heteroatoms. The number of carbonyl (C=O) groups excluding carboxylic acids is 1. The number of rotatable bonds is 7. The highest BCUT2D eigenvalue weighted by atomic mass is 19.1. The first-order valence-corrected chi connectivity index (χ1v) is 9.27. The van der Waals surface area contributed by atoms with Crippen LogP contribution in [-0.2, 0) is 16.8 Å². The summed E-state index contributed by atoms with van der Waals surface area (Å²) in [6, 6.07) is 15.7. The lowest BCUT2D eigenvalue weighted by Crippen LogP contribution is -2.28. The molecule has 0 radical (unpaired) electrons. The van der Waals surface area contributed by atoms with E-state index in [9.17, 15) is 19.1 Å². The van der Waals surface area contributed by atoms with E-state index in [-0.39, 0.29) is 29.7 Å². The van der Waals surface area contributed by atoms with E-state index < -0.39 is 11.4 Å². The molecule has 0 unspecified atom stereocenters. The standard InChI is InChI=1S/C23H21FN2O4/c1-23(2,22(28)29)16-7-5-15(6-8-16)14-26-20(27)19-4-3-13-25-21(19)30-18-11-9-17(24)10-12-18/h3-13H,14H2,1-2H3,(H,26,27)(H,28,29). The van der Waals surface area contributed by atoms with Crippen molar-refractivity contribution in [2.24, 2.45) is 0 Å². The second kappa shape index (κ2) is 8.73. The molecule has 0 aliphatic carbocycles. The van der Waals surface area contributed by atoms with Gasteiger partial charge in [0.25, 0.3) is 5.91 Å². The maximum atomic E-state index is 13.1. The molecule has 0 fully saturated rings. The molecule has 0 spiro atoms. The molecule has 1 heterocycles. The number of carbonyl (C=O) groups is 2. The molecule has 2 aromatic carbocycles. The maximum absolute atomic E-state index is 13.1. The van der Waals surface area contributed by atoms with E-state index in [1.54, 1.807) is 50.2 Å². The second-order valence-electron chi connectivity index (χ2n) is 7.22. The Balaban J connectivity index is 1.68. The molecular weight excluding hydrogens is 387 g/mol. The smallest absolute Gasteiger partial charge is 0.313 e. The summed E-state index contributed by atoms with van der Waals surface area (Å²) in [6.07, 6.45) is 1.50. The van der Waals surface area contributed by atoms with E-state index in [1.807, 2.05) is 0 Å². The summed E-state index contributed by atoms with van der Waals surface area (Å²) < 4.78 is 18.7. The van der Waals surface area contributed by atoms with E-state index in [0.717, 1.165) is 5.56 Å². The van der Waals surface area contributed by atoms with Gasteiger partial charge in [0.1, 0.15) is 17.1 Å². The van der Waals surface area contributed by atoms with Gasteiger partial charge in [-0.3, -0.25) is 9.59 Å². The predicted molar refractivity (Wildman–Crippen MR) is 109 cm³/mol. The van der Waals surface area contributed by atoms with Crippen LogP contribution in [0.25, 0.3) is 0 Å². The van der Waals surface area contributed by atoms with Crippen LogP contribution in [0, 0.1) is 5.82 Å².